The largest absolute Gasteiger partial charge is 0.355 e. The van der Waals surface area contributed by atoms with E-state index in [0.717, 1.165) is 47.3 Å². The van der Waals surface area contributed by atoms with Crippen LogP contribution in [0.2, 0.25) is 5.02 Å². The molecule has 1 aliphatic heterocycles. The first-order chi connectivity index (χ1) is 14.1. The average molecular weight is 406 g/mol. The third-order valence-electron chi connectivity index (χ3n) is 5.31. The molecule has 0 radical (unpaired) electrons. The summed E-state index contributed by atoms with van der Waals surface area (Å²) in [5, 5.41) is 5.21. The SMILES string of the molecule is CN1CCN(c2ccc(Cl)cc2)c2ccc(-n3nc4ccccn4c3=O)cc2C1. The molecule has 7 heteroatoms. The first-order valence-electron chi connectivity index (χ1n) is 9.51. The molecule has 29 heavy (non-hydrogen) atoms. The first kappa shape index (κ1) is 18.0. The highest BCUT2D eigenvalue weighted by Gasteiger charge is 2.20. The standard InChI is InChI=1S/C22H20ClN5O/c1-25-12-13-26(18-7-5-17(23)6-8-18)20-10-9-19(14-16(20)15-25)28-22(29)27-11-3-2-4-21(27)24-28/h2-11,14H,12-13,15H2,1H3. The molecular weight excluding hydrogens is 386 g/mol. The average Bonchev–Trinajstić information content (AvgIpc) is 2.97. The van der Waals surface area contributed by atoms with Crippen LogP contribution in [0, 0.1) is 0 Å². The molecule has 0 saturated carbocycles. The predicted molar refractivity (Wildman–Crippen MR) is 116 cm³/mol. The summed E-state index contributed by atoms with van der Waals surface area (Å²) in [6, 6.07) is 19.5. The minimum absolute atomic E-state index is 0.169. The van der Waals surface area contributed by atoms with Gasteiger partial charge in [-0.3, -0.25) is 0 Å². The zero-order chi connectivity index (χ0) is 20.0. The van der Waals surface area contributed by atoms with Crippen molar-refractivity contribution in [1.82, 2.24) is 19.1 Å². The Morgan fingerprint density at radius 1 is 0.966 bits per heavy atom. The van der Waals surface area contributed by atoms with Gasteiger partial charge in [0.25, 0.3) is 0 Å². The predicted octanol–water partition coefficient (Wildman–Crippen LogP) is 3.72. The molecule has 6 nitrogen and oxygen atoms in total. The van der Waals surface area contributed by atoms with E-state index >= 15 is 0 Å². The fraction of sp³-hybridized carbons (Fsp3) is 0.182. The molecular formula is C22H20ClN5O. The molecule has 0 atom stereocenters. The van der Waals surface area contributed by atoms with Gasteiger partial charge in [-0.2, -0.15) is 4.68 Å². The van der Waals surface area contributed by atoms with E-state index in [1.165, 1.54) is 4.68 Å². The van der Waals surface area contributed by atoms with E-state index in [0.29, 0.717) is 5.65 Å². The second-order valence-electron chi connectivity index (χ2n) is 7.30. The summed E-state index contributed by atoms with van der Waals surface area (Å²) in [6.45, 7) is 2.61. The van der Waals surface area contributed by atoms with E-state index in [2.05, 4.69) is 34.1 Å². The molecule has 0 spiro atoms. The Hall–Kier alpha value is -3.09. The highest BCUT2D eigenvalue weighted by atomic mass is 35.5. The Balaban J connectivity index is 1.62. The summed E-state index contributed by atoms with van der Waals surface area (Å²) < 4.78 is 3.02. The maximum atomic E-state index is 12.8. The van der Waals surface area contributed by atoms with E-state index in [-0.39, 0.29) is 5.69 Å². The highest BCUT2D eigenvalue weighted by molar-refractivity contribution is 6.30. The molecule has 0 amide bonds. The van der Waals surface area contributed by atoms with Gasteiger partial charge in [0.15, 0.2) is 5.65 Å². The van der Waals surface area contributed by atoms with E-state index in [9.17, 15) is 4.79 Å². The summed E-state index contributed by atoms with van der Waals surface area (Å²) in [6.07, 6.45) is 1.74. The van der Waals surface area contributed by atoms with E-state index in [1.807, 2.05) is 48.5 Å². The maximum Gasteiger partial charge on any atom is 0.355 e. The third kappa shape index (κ3) is 3.20. The van der Waals surface area contributed by atoms with Crippen LogP contribution in [0.25, 0.3) is 11.3 Å². The van der Waals surface area contributed by atoms with Gasteiger partial charge in [0.1, 0.15) is 0 Å². The van der Waals surface area contributed by atoms with Crippen molar-refractivity contribution in [2.75, 3.05) is 25.0 Å². The molecule has 0 unspecified atom stereocenters. The van der Waals surface area contributed by atoms with Gasteiger partial charge in [-0.05, 0) is 67.2 Å². The summed E-state index contributed by atoms with van der Waals surface area (Å²) in [4.78, 5) is 17.4. The molecule has 0 saturated heterocycles. The normalized spacial score (nSPS) is 14.8. The van der Waals surface area contributed by atoms with Gasteiger partial charge < -0.3 is 9.80 Å². The zero-order valence-electron chi connectivity index (χ0n) is 16.0. The number of benzene rings is 2. The van der Waals surface area contributed by atoms with Gasteiger partial charge in [-0.25, -0.2) is 9.20 Å². The molecule has 2 aromatic heterocycles. The molecule has 3 heterocycles. The zero-order valence-corrected chi connectivity index (χ0v) is 16.8. The van der Waals surface area contributed by atoms with Gasteiger partial charge in [-0.15, -0.1) is 5.10 Å². The number of hydrogen-bond acceptors (Lipinski definition) is 4. The first-order valence-corrected chi connectivity index (χ1v) is 9.89. The van der Waals surface area contributed by atoms with Crippen molar-refractivity contribution < 1.29 is 0 Å². The van der Waals surface area contributed by atoms with Crippen LogP contribution in [0.3, 0.4) is 0 Å². The van der Waals surface area contributed by atoms with Crippen molar-refractivity contribution in [3.05, 3.63) is 87.9 Å². The molecule has 1 aliphatic rings. The monoisotopic (exact) mass is 405 g/mol. The van der Waals surface area contributed by atoms with Gasteiger partial charge in [0.05, 0.1) is 5.69 Å². The van der Waals surface area contributed by atoms with E-state index < -0.39 is 0 Å². The lowest BCUT2D eigenvalue weighted by Gasteiger charge is -2.25. The van der Waals surface area contributed by atoms with Gasteiger partial charge in [-0.1, -0.05) is 17.7 Å². The summed E-state index contributed by atoms with van der Waals surface area (Å²) in [7, 11) is 2.11. The molecule has 4 aromatic rings. The molecule has 0 aliphatic carbocycles. The number of nitrogens with zero attached hydrogens (tertiary/aromatic N) is 5. The topological polar surface area (TPSA) is 45.8 Å². The van der Waals surface area contributed by atoms with Crippen LogP contribution in [0.1, 0.15) is 5.56 Å². The lowest BCUT2D eigenvalue weighted by molar-refractivity contribution is 0.343. The Labute approximate surface area is 173 Å². The lowest BCUT2D eigenvalue weighted by Crippen LogP contribution is -2.26. The summed E-state index contributed by atoms with van der Waals surface area (Å²) in [5.41, 5.74) is 4.62. The minimum Gasteiger partial charge on any atom is -0.340 e. The van der Waals surface area contributed by atoms with E-state index in [4.69, 9.17) is 11.6 Å². The van der Waals surface area contributed by atoms with Crippen molar-refractivity contribution in [2.24, 2.45) is 0 Å². The number of likely N-dealkylation sites (N-methyl/N-ethyl adjacent to an activating group) is 1. The molecule has 0 bridgehead atoms. The van der Waals surface area contributed by atoms with Crippen LogP contribution in [0.4, 0.5) is 11.4 Å². The second kappa shape index (κ2) is 7.06. The maximum absolute atomic E-state index is 12.8. The van der Waals surface area contributed by atoms with Gasteiger partial charge >= 0.3 is 5.69 Å². The Kier molecular flexibility index (Phi) is 4.38. The van der Waals surface area contributed by atoms with Crippen LogP contribution in [-0.2, 0) is 6.54 Å². The van der Waals surface area contributed by atoms with Crippen LogP contribution in [0.5, 0.6) is 0 Å². The molecule has 146 valence electrons. The molecule has 5 rings (SSSR count). The highest BCUT2D eigenvalue weighted by Crippen LogP contribution is 2.33. The number of pyridine rings is 1. The van der Waals surface area contributed by atoms with Gasteiger partial charge in [0, 0.05) is 42.2 Å². The Bertz CT molecular complexity index is 1240. The number of aromatic nitrogens is 3. The fourth-order valence-corrected chi connectivity index (χ4v) is 3.96. The Morgan fingerprint density at radius 2 is 1.76 bits per heavy atom. The van der Waals surface area contributed by atoms with Crippen molar-refractivity contribution in [1.29, 1.82) is 0 Å². The smallest absolute Gasteiger partial charge is 0.340 e. The van der Waals surface area contributed by atoms with Crippen molar-refractivity contribution in [3.8, 4) is 5.69 Å². The number of halogens is 1. The van der Waals surface area contributed by atoms with Crippen molar-refractivity contribution in [3.63, 3.8) is 0 Å². The van der Waals surface area contributed by atoms with Crippen LogP contribution < -0.4 is 10.6 Å². The van der Waals surface area contributed by atoms with Crippen LogP contribution >= 0.6 is 11.6 Å². The van der Waals surface area contributed by atoms with Crippen molar-refractivity contribution in [2.45, 2.75) is 6.54 Å². The minimum atomic E-state index is -0.169. The Morgan fingerprint density at radius 3 is 2.55 bits per heavy atom. The third-order valence-corrected chi connectivity index (χ3v) is 5.56. The second-order valence-corrected chi connectivity index (χ2v) is 7.74. The van der Waals surface area contributed by atoms with Crippen LogP contribution in [0.15, 0.2) is 71.7 Å². The quantitative estimate of drug-likeness (QED) is 0.510. The number of fused-ring (bicyclic) bond motifs is 2. The number of anilines is 2. The van der Waals surface area contributed by atoms with Crippen LogP contribution in [-0.4, -0.2) is 39.2 Å². The van der Waals surface area contributed by atoms with Gasteiger partial charge in [0.2, 0.25) is 0 Å². The summed E-state index contributed by atoms with van der Waals surface area (Å²) >= 11 is 6.08. The van der Waals surface area contributed by atoms with E-state index in [1.54, 1.807) is 10.6 Å². The lowest BCUT2D eigenvalue weighted by atomic mass is 10.1. The molecule has 0 N–H and O–H groups in total. The fourth-order valence-electron chi connectivity index (χ4n) is 3.84. The molecule has 0 fully saturated rings. The number of hydrogen-bond donors (Lipinski definition) is 0. The number of rotatable bonds is 2. The summed E-state index contributed by atoms with van der Waals surface area (Å²) in [5.74, 6) is 0. The molecule has 2 aromatic carbocycles. The van der Waals surface area contributed by atoms with Crippen molar-refractivity contribution >= 4 is 28.6 Å².